The minimum atomic E-state index is -0.509. The van der Waals surface area contributed by atoms with Gasteiger partial charge < -0.3 is 14.6 Å². The van der Waals surface area contributed by atoms with E-state index in [0.29, 0.717) is 17.9 Å². The van der Waals surface area contributed by atoms with Crippen molar-refractivity contribution in [3.05, 3.63) is 72.0 Å². The molecule has 9 nitrogen and oxygen atoms in total. The van der Waals surface area contributed by atoms with E-state index in [4.69, 9.17) is 9.26 Å². The first-order valence-electron chi connectivity index (χ1n) is 8.56. The fourth-order valence-corrected chi connectivity index (χ4v) is 2.51. The number of ether oxygens (including phenoxy) is 1. The van der Waals surface area contributed by atoms with Crippen molar-refractivity contribution in [2.75, 3.05) is 7.11 Å². The van der Waals surface area contributed by atoms with E-state index < -0.39 is 5.91 Å². The second kappa shape index (κ2) is 7.89. The standard InChI is InChI=1S/C19H15FN6O3/c1-28-15-8-2-12(3-9-15)10-21-18(27)19-22-17(24-29-19)16-11-26(25-23-16)14-6-4-13(20)5-7-14/h2-9,11H,10H2,1H3,(H,21,27). The van der Waals surface area contributed by atoms with Crippen molar-refractivity contribution >= 4 is 5.91 Å². The molecule has 146 valence electrons. The van der Waals surface area contributed by atoms with Gasteiger partial charge in [0.2, 0.25) is 5.82 Å². The molecule has 0 aliphatic heterocycles. The molecule has 4 rings (SSSR count). The second-order valence-electron chi connectivity index (χ2n) is 5.98. The maximum absolute atomic E-state index is 13.0. The number of methoxy groups -OCH3 is 1. The highest BCUT2D eigenvalue weighted by molar-refractivity contribution is 5.89. The summed E-state index contributed by atoms with van der Waals surface area (Å²) in [6, 6.07) is 13.0. The summed E-state index contributed by atoms with van der Waals surface area (Å²) < 4.78 is 24.6. The second-order valence-corrected chi connectivity index (χ2v) is 5.98. The maximum atomic E-state index is 13.0. The van der Waals surface area contributed by atoms with Crippen LogP contribution < -0.4 is 10.1 Å². The van der Waals surface area contributed by atoms with Gasteiger partial charge in [-0.15, -0.1) is 5.10 Å². The van der Waals surface area contributed by atoms with Gasteiger partial charge in [0, 0.05) is 6.54 Å². The summed E-state index contributed by atoms with van der Waals surface area (Å²) in [7, 11) is 1.59. The monoisotopic (exact) mass is 394 g/mol. The van der Waals surface area contributed by atoms with Gasteiger partial charge in [0.05, 0.1) is 19.0 Å². The highest BCUT2D eigenvalue weighted by atomic mass is 19.1. The van der Waals surface area contributed by atoms with Crippen LogP contribution in [0.4, 0.5) is 4.39 Å². The molecule has 0 atom stereocenters. The summed E-state index contributed by atoms with van der Waals surface area (Å²) in [5, 5.41) is 14.4. The number of hydrogen-bond donors (Lipinski definition) is 1. The summed E-state index contributed by atoms with van der Waals surface area (Å²) in [4.78, 5) is 16.3. The minimum absolute atomic E-state index is 0.118. The lowest BCUT2D eigenvalue weighted by Gasteiger charge is -2.04. The molecule has 10 heteroatoms. The molecule has 0 spiro atoms. The molecular weight excluding hydrogens is 379 g/mol. The van der Waals surface area contributed by atoms with E-state index in [0.717, 1.165) is 11.3 Å². The molecule has 0 radical (unpaired) electrons. The Hall–Kier alpha value is -4.08. The number of rotatable bonds is 6. The molecular formula is C19H15FN6O3. The van der Waals surface area contributed by atoms with Crippen LogP contribution in [0.3, 0.4) is 0 Å². The van der Waals surface area contributed by atoms with Crippen molar-refractivity contribution in [2.24, 2.45) is 0 Å². The molecule has 1 N–H and O–H groups in total. The average Bonchev–Trinajstić information content (AvgIpc) is 3.43. The van der Waals surface area contributed by atoms with Crippen LogP contribution in [0.25, 0.3) is 17.2 Å². The average molecular weight is 394 g/mol. The van der Waals surface area contributed by atoms with E-state index in [9.17, 15) is 9.18 Å². The largest absolute Gasteiger partial charge is 0.497 e. The Morgan fingerprint density at radius 3 is 2.66 bits per heavy atom. The highest BCUT2D eigenvalue weighted by Gasteiger charge is 2.18. The van der Waals surface area contributed by atoms with Gasteiger partial charge in [0.25, 0.3) is 0 Å². The maximum Gasteiger partial charge on any atom is 0.316 e. The zero-order valence-corrected chi connectivity index (χ0v) is 15.2. The Bertz CT molecular complexity index is 1120. The van der Waals surface area contributed by atoms with E-state index in [-0.39, 0.29) is 17.5 Å². The van der Waals surface area contributed by atoms with E-state index >= 15 is 0 Å². The van der Waals surface area contributed by atoms with Crippen LogP contribution in [-0.2, 0) is 6.54 Å². The first-order chi connectivity index (χ1) is 14.1. The van der Waals surface area contributed by atoms with Crippen molar-refractivity contribution in [3.63, 3.8) is 0 Å². The predicted octanol–water partition coefficient (Wildman–Crippen LogP) is 2.40. The Morgan fingerprint density at radius 1 is 1.17 bits per heavy atom. The normalized spacial score (nSPS) is 10.7. The smallest absolute Gasteiger partial charge is 0.316 e. The number of halogens is 1. The predicted molar refractivity (Wildman–Crippen MR) is 98.8 cm³/mol. The Balaban J connectivity index is 1.42. The van der Waals surface area contributed by atoms with E-state index in [2.05, 4.69) is 25.8 Å². The van der Waals surface area contributed by atoms with Gasteiger partial charge in [-0.3, -0.25) is 4.79 Å². The van der Waals surface area contributed by atoms with Crippen LogP contribution in [-0.4, -0.2) is 38.2 Å². The molecule has 0 bridgehead atoms. The zero-order valence-electron chi connectivity index (χ0n) is 15.2. The van der Waals surface area contributed by atoms with E-state index in [1.54, 1.807) is 37.6 Å². The third-order valence-corrected chi connectivity index (χ3v) is 4.05. The first kappa shape index (κ1) is 18.3. The fourth-order valence-electron chi connectivity index (χ4n) is 2.51. The van der Waals surface area contributed by atoms with Gasteiger partial charge in [-0.2, -0.15) is 4.98 Å². The molecule has 2 aromatic heterocycles. The molecule has 2 heterocycles. The van der Waals surface area contributed by atoms with Crippen molar-refractivity contribution in [3.8, 4) is 23.0 Å². The molecule has 2 aromatic carbocycles. The Morgan fingerprint density at radius 2 is 1.93 bits per heavy atom. The van der Waals surface area contributed by atoms with Gasteiger partial charge in [0.1, 0.15) is 11.6 Å². The summed E-state index contributed by atoms with van der Waals surface area (Å²) in [6.07, 6.45) is 1.55. The van der Waals surface area contributed by atoms with E-state index in [1.807, 2.05) is 12.1 Å². The van der Waals surface area contributed by atoms with Gasteiger partial charge in [-0.25, -0.2) is 9.07 Å². The number of hydrogen-bond acceptors (Lipinski definition) is 7. The summed E-state index contributed by atoms with van der Waals surface area (Å²) in [5.74, 6) is -0.198. The molecule has 29 heavy (non-hydrogen) atoms. The van der Waals surface area contributed by atoms with E-state index in [1.165, 1.54) is 16.8 Å². The van der Waals surface area contributed by atoms with Crippen molar-refractivity contribution in [2.45, 2.75) is 6.54 Å². The number of carbonyl (C=O) groups is 1. The third-order valence-electron chi connectivity index (χ3n) is 4.05. The molecule has 0 aliphatic carbocycles. The van der Waals surface area contributed by atoms with Crippen molar-refractivity contribution in [1.82, 2.24) is 30.5 Å². The Kier molecular flexibility index (Phi) is 4.97. The molecule has 4 aromatic rings. The first-order valence-corrected chi connectivity index (χ1v) is 8.56. The molecule has 0 fully saturated rings. The van der Waals surface area contributed by atoms with Crippen molar-refractivity contribution in [1.29, 1.82) is 0 Å². The number of aromatic nitrogens is 5. The number of amides is 1. The number of nitrogens with zero attached hydrogens (tertiary/aromatic N) is 5. The molecule has 1 amide bonds. The quantitative estimate of drug-likeness (QED) is 0.535. The highest BCUT2D eigenvalue weighted by Crippen LogP contribution is 2.15. The number of carbonyl (C=O) groups excluding carboxylic acids is 1. The van der Waals surface area contributed by atoms with Gasteiger partial charge in [-0.1, -0.05) is 22.5 Å². The topological polar surface area (TPSA) is 108 Å². The SMILES string of the molecule is COc1ccc(CNC(=O)c2nc(-c3cn(-c4ccc(F)cc4)nn3)no2)cc1. The van der Waals surface area contributed by atoms with Crippen LogP contribution in [0, 0.1) is 5.82 Å². The van der Waals surface area contributed by atoms with Crippen molar-refractivity contribution < 1.29 is 18.4 Å². The van der Waals surface area contributed by atoms with Crippen LogP contribution in [0.5, 0.6) is 5.75 Å². The lowest BCUT2D eigenvalue weighted by Crippen LogP contribution is -2.23. The Labute approximate surface area is 164 Å². The summed E-state index contributed by atoms with van der Waals surface area (Å²) in [5.41, 5.74) is 1.82. The molecule has 0 unspecified atom stereocenters. The van der Waals surface area contributed by atoms with Gasteiger partial charge >= 0.3 is 11.8 Å². The summed E-state index contributed by atoms with van der Waals surface area (Å²) in [6.45, 7) is 0.293. The van der Waals surface area contributed by atoms with Gasteiger partial charge in [0.15, 0.2) is 5.69 Å². The van der Waals surface area contributed by atoms with Crippen LogP contribution >= 0.6 is 0 Å². The lowest BCUT2D eigenvalue weighted by molar-refractivity contribution is 0.0907. The van der Waals surface area contributed by atoms with Crippen LogP contribution in [0.15, 0.2) is 59.3 Å². The molecule has 0 saturated carbocycles. The minimum Gasteiger partial charge on any atom is -0.497 e. The number of nitrogens with one attached hydrogen (secondary N) is 1. The van der Waals surface area contributed by atoms with Gasteiger partial charge in [-0.05, 0) is 42.0 Å². The fraction of sp³-hybridized carbons (Fsp3) is 0.105. The lowest BCUT2D eigenvalue weighted by atomic mass is 10.2. The molecule has 0 aliphatic rings. The third kappa shape index (κ3) is 4.10. The summed E-state index contributed by atoms with van der Waals surface area (Å²) >= 11 is 0. The zero-order chi connectivity index (χ0) is 20.2. The number of benzene rings is 2. The molecule has 0 saturated heterocycles. The van der Waals surface area contributed by atoms with Crippen LogP contribution in [0.1, 0.15) is 16.2 Å². The van der Waals surface area contributed by atoms with Crippen LogP contribution in [0.2, 0.25) is 0 Å².